The molecule has 3 heterocycles. The third-order valence-corrected chi connectivity index (χ3v) is 3.02. The van der Waals surface area contributed by atoms with Gasteiger partial charge in [-0.05, 0) is 0 Å². The molecule has 9 nitrogen and oxygen atoms in total. The van der Waals surface area contributed by atoms with Gasteiger partial charge in [0, 0.05) is 19.2 Å². The average molecular weight is 293 g/mol. The van der Waals surface area contributed by atoms with E-state index in [9.17, 15) is 0 Å². The predicted molar refractivity (Wildman–Crippen MR) is 70.8 cm³/mol. The lowest BCUT2D eigenvalue weighted by Gasteiger charge is -2.26. The minimum Gasteiger partial charge on any atom is -0.467 e. The monoisotopic (exact) mass is 293 g/mol. The molecule has 0 atom stereocenters. The summed E-state index contributed by atoms with van der Waals surface area (Å²) in [5.74, 6) is 1.19. The van der Waals surface area contributed by atoms with Crippen molar-refractivity contribution < 1.29 is 19.1 Å². The number of morpholine rings is 1. The highest BCUT2D eigenvalue weighted by molar-refractivity contribution is 5.51. The first kappa shape index (κ1) is 13.7. The second-order valence-electron chi connectivity index (χ2n) is 4.38. The molecule has 0 bridgehead atoms. The van der Waals surface area contributed by atoms with Crippen molar-refractivity contribution in [2.24, 2.45) is 0 Å². The van der Waals surface area contributed by atoms with Gasteiger partial charge in [0.05, 0.1) is 20.3 Å². The number of aliphatic hydroxyl groups is 1. The first-order valence-corrected chi connectivity index (χ1v) is 6.49. The summed E-state index contributed by atoms with van der Waals surface area (Å²) in [5.41, 5.74) is 0.425. The third-order valence-electron chi connectivity index (χ3n) is 3.02. The molecule has 1 aliphatic rings. The molecule has 0 amide bonds. The number of anilines is 1. The summed E-state index contributed by atoms with van der Waals surface area (Å²) in [6, 6.07) is 1.78. The van der Waals surface area contributed by atoms with Crippen molar-refractivity contribution in [1.29, 1.82) is 0 Å². The molecule has 1 saturated heterocycles. The molecule has 1 aliphatic heterocycles. The van der Waals surface area contributed by atoms with Gasteiger partial charge in [0.25, 0.3) is 0 Å². The minimum atomic E-state index is -0.231. The molecule has 1 N–H and O–H groups in total. The Bertz CT molecular complexity index is 611. The topological polar surface area (TPSA) is 107 Å². The summed E-state index contributed by atoms with van der Waals surface area (Å²) in [6.45, 7) is 2.43. The predicted octanol–water partition coefficient (Wildman–Crippen LogP) is -0.136. The quantitative estimate of drug-likeness (QED) is 0.824. The lowest BCUT2D eigenvalue weighted by atomic mass is 10.3. The molecule has 1 fully saturated rings. The molecule has 0 aliphatic carbocycles. The van der Waals surface area contributed by atoms with E-state index in [2.05, 4.69) is 20.1 Å². The standard InChI is InChI=1S/C12H15N5O4/c1-19-12-14-10(9-6-8(7-18)21-16-9)13-11(15-12)17-2-4-20-5-3-17/h6,18H,2-5,7H2,1H3. The highest BCUT2D eigenvalue weighted by Crippen LogP contribution is 2.21. The van der Waals surface area contributed by atoms with E-state index in [1.807, 2.05) is 4.90 Å². The first-order valence-electron chi connectivity index (χ1n) is 6.49. The van der Waals surface area contributed by atoms with Gasteiger partial charge >= 0.3 is 6.01 Å². The van der Waals surface area contributed by atoms with Crippen LogP contribution in [0.3, 0.4) is 0 Å². The van der Waals surface area contributed by atoms with Crippen LogP contribution in [0.2, 0.25) is 0 Å². The SMILES string of the molecule is COc1nc(-c2cc(CO)on2)nc(N2CCOCC2)n1. The molecule has 21 heavy (non-hydrogen) atoms. The maximum atomic E-state index is 9.02. The van der Waals surface area contributed by atoms with Gasteiger partial charge in [-0.25, -0.2) is 0 Å². The summed E-state index contributed by atoms with van der Waals surface area (Å²) in [6.07, 6.45) is 0. The molecule has 0 saturated carbocycles. The van der Waals surface area contributed by atoms with Crippen LogP contribution in [0, 0.1) is 0 Å². The van der Waals surface area contributed by atoms with Gasteiger partial charge in [-0.3, -0.25) is 0 Å². The maximum Gasteiger partial charge on any atom is 0.321 e. The van der Waals surface area contributed by atoms with Crippen LogP contribution in [0.1, 0.15) is 5.76 Å². The highest BCUT2D eigenvalue weighted by atomic mass is 16.5. The van der Waals surface area contributed by atoms with Crippen LogP contribution in [-0.2, 0) is 11.3 Å². The Morgan fingerprint density at radius 3 is 2.76 bits per heavy atom. The van der Waals surface area contributed by atoms with Gasteiger partial charge in [-0.1, -0.05) is 5.16 Å². The van der Waals surface area contributed by atoms with E-state index in [1.54, 1.807) is 6.07 Å². The Kier molecular flexibility index (Phi) is 3.93. The van der Waals surface area contributed by atoms with Gasteiger partial charge in [0.1, 0.15) is 6.61 Å². The van der Waals surface area contributed by atoms with Crippen LogP contribution in [0.5, 0.6) is 6.01 Å². The molecule has 0 radical (unpaired) electrons. The van der Waals surface area contributed by atoms with E-state index < -0.39 is 0 Å². The number of methoxy groups -OCH3 is 1. The molecule has 3 rings (SSSR count). The van der Waals surface area contributed by atoms with E-state index >= 15 is 0 Å². The normalized spacial score (nSPS) is 15.2. The Hall–Kier alpha value is -2.26. The zero-order chi connectivity index (χ0) is 14.7. The maximum absolute atomic E-state index is 9.02. The van der Waals surface area contributed by atoms with Crippen LogP contribution < -0.4 is 9.64 Å². The summed E-state index contributed by atoms with van der Waals surface area (Å²) >= 11 is 0. The Morgan fingerprint density at radius 2 is 2.10 bits per heavy atom. The smallest absolute Gasteiger partial charge is 0.321 e. The number of rotatable bonds is 4. The van der Waals surface area contributed by atoms with Gasteiger partial charge < -0.3 is 24.0 Å². The zero-order valence-corrected chi connectivity index (χ0v) is 11.5. The molecule has 112 valence electrons. The van der Waals surface area contributed by atoms with E-state index in [0.717, 1.165) is 0 Å². The molecule has 9 heteroatoms. The van der Waals surface area contributed by atoms with Gasteiger partial charge in [-0.2, -0.15) is 15.0 Å². The van der Waals surface area contributed by atoms with E-state index in [-0.39, 0.29) is 12.6 Å². The van der Waals surface area contributed by atoms with E-state index in [1.165, 1.54) is 7.11 Å². The molecule has 2 aromatic rings. The minimum absolute atomic E-state index is 0.204. The van der Waals surface area contributed by atoms with Crippen LogP contribution in [0.25, 0.3) is 11.5 Å². The molecule has 0 spiro atoms. The van der Waals surface area contributed by atoms with Gasteiger partial charge in [0.2, 0.25) is 5.95 Å². The number of hydrogen-bond donors (Lipinski definition) is 1. The van der Waals surface area contributed by atoms with Crippen molar-refractivity contribution in [3.05, 3.63) is 11.8 Å². The number of nitrogens with zero attached hydrogens (tertiary/aromatic N) is 5. The highest BCUT2D eigenvalue weighted by Gasteiger charge is 2.19. The fourth-order valence-corrected chi connectivity index (χ4v) is 1.95. The van der Waals surface area contributed by atoms with Crippen molar-refractivity contribution in [1.82, 2.24) is 20.1 Å². The summed E-state index contributed by atoms with van der Waals surface area (Å²) in [4.78, 5) is 14.8. The summed E-state index contributed by atoms with van der Waals surface area (Å²) < 4.78 is 15.4. The molecule has 0 aromatic carbocycles. The fourth-order valence-electron chi connectivity index (χ4n) is 1.95. The van der Waals surface area contributed by atoms with E-state index in [0.29, 0.717) is 49.5 Å². The van der Waals surface area contributed by atoms with Crippen LogP contribution in [0.15, 0.2) is 10.6 Å². The Labute approximate surface area is 120 Å². The summed E-state index contributed by atoms with van der Waals surface area (Å²) in [7, 11) is 1.49. The van der Waals surface area contributed by atoms with Crippen molar-refractivity contribution in [3.63, 3.8) is 0 Å². The number of aromatic nitrogens is 4. The number of hydrogen-bond acceptors (Lipinski definition) is 9. The zero-order valence-electron chi connectivity index (χ0n) is 11.5. The summed E-state index contributed by atoms with van der Waals surface area (Å²) in [5, 5.41) is 12.9. The third kappa shape index (κ3) is 2.93. The fraction of sp³-hybridized carbons (Fsp3) is 0.500. The lowest BCUT2D eigenvalue weighted by Crippen LogP contribution is -2.37. The van der Waals surface area contributed by atoms with Crippen molar-refractivity contribution in [2.45, 2.75) is 6.61 Å². The van der Waals surface area contributed by atoms with Crippen LogP contribution in [-0.4, -0.2) is 58.6 Å². The molecular formula is C12H15N5O4. The van der Waals surface area contributed by atoms with Crippen molar-refractivity contribution in [3.8, 4) is 17.5 Å². The second-order valence-corrected chi connectivity index (χ2v) is 4.38. The van der Waals surface area contributed by atoms with Gasteiger partial charge in [0.15, 0.2) is 17.3 Å². The largest absolute Gasteiger partial charge is 0.467 e. The van der Waals surface area contributed by atoms with Gasteiger partial charge in [-0.15, -0.1) is 0 Å². The Balaban J connectivity index is 1.95. The van der Waals surface area contributed by atoms with Crippen LogP contribution >= 0.6 is 0 Å². The first-order chi connectivity index (χ1) is 10.3. The van der Waals surface area contributed by atoms with Crippen LogP contribution in [0.4, 0.5) is 5.95 Å². The number of ether oxygens (including phenoxy) is 2. The molecule has 0 unspecified atom stereocenters. The molecule has 2 aromatic heterocycles. The Morgan fingerprint density at radius 1 is 1.29 bits per heavy atom. The number of aliphatic hydroxyl groups excluding tert-OH is 1. The van der Waals surface area contributed by atoms with Crippen molar-refractivity contribution in [2.75, 3.05) is 38.3 Å². The second kappa shape index (κ2) is 6.02. The lowest BCUT2D eigenvalue weighted by molar-refractivity contribution is 0.122. The molecular weight excluding hydrogens is 278 g/mol. The van der Waals surface area contributed by atoms with E-state index in [4.69, 9.17) is 19.1 Å². The average Bonchev–Trinajstić information content (AvgIpc) is 3.04. The van der Waals surface area contributed by atoms with Crippen molar-refractivity contribution >= 4 is 5.95 Å².